The van der Waals surface area contributed by atoms with Crippen LogP contribution in [0.4, 0.5) is 5.82 Å². The van der Waals surface area contributed by atoms with Crippen molar-refractivity contribution in [2.75, 3.05) is 11.1 Å². The molecule has 1 amide bonds. The summed E-state index contributed by atoms with van der Waals surface area (Å²) in [6.07, 6.45) is 3.38. The van der Waals surface area contributed by atoms with Crippen LogP contribution in [-0.2, 0) is 4.79 Å². The summed E-state index contributed by atoms with van der Waals surface area (Å²) < 4.78 is 6.83. The van der Waals surface area contributed by atoms with Crippen LogP contribution in [0.2, 0.25) is 5.02 Å². The number of nitrogens with one attached hydrogen (secondary N) is 1. The van der Waals surface area contributed by atoms with Crippen molar-refractivity contribution in [3.05, 3.63) is 65.6 Å². The minimum Gasteiger partial charge on any atom is -0.360 e. The molecule has 0 radical (unpaired) electrons. The van der Waals surface area contributed by atoms with E-state index >= 15 is 0 Å². The molecule has 29 heavy (non-hydrogen) atoms. The molecule has 1 aromatic carbocycles. The van der Waals surface area contributed by atoms with Crippen LogP contribution in [0.3, 0.4) is 0 Å². The number of aryl methyl sites for hydroxylation is 1. The van der Waals surface area contributed by atoms with Gasteiger partial charge in [0.25, 0.3) is 0 Å². The topological polar surface area (TPSA) is 98.7 Å². The lowest BCUT2D eigenvalue weighted by atomic mass is 10.2. The van der Waals surface area contributed by atoms with Gasteiger partial charge in [0.2, 0.25) is 5.91 Å². The molecule has 0 saturated carbocycles. The van der Waals surface area contributed by atoms with Gasteiger partial charge >= 0.3 is 0 Å². The second-order valence-electron chi connectivity index (χ2n) is 6.01. The van der Waals surface area contributed by atoms with Crippen LogP contribution in [0.15, 0.2) is 64.5 Å². The van der Waals surface area contributed by atoms with E-state index in [1.54, 1.807) is 37.5 Å². The van der Waals surface area contributed by atoms with Crippen LogP contribution >= 0.6 is 23.4 Å². The Morgan fingerprint density at radius 2 is 1.93 bits per heavy atom. The summed E-state index contributed by atoms with van der Waals surface area (Å²) in [6, 6.07) is 12.7. The molecule has 0 aliphatic heterocycles. The van der Waals surface area contributed by atoms with E-state index in [1.807, 2.05) is 28.8 Å². The molecule has 0 bridgehead atoms. The number of thioether (sulfide) groups is 1. The van der Waals surface area contributed by atoms with Gasteiger partial charge in [-0.3, -0.25) is 14.3 Å². The summed E-state index contributed by atoms with van der Waals surface area (Å²) in [6.45, 7) is 1.76. The Kier molecular flexibility index (Phi) is 5.59. The number of anilines is 1. The lowest BCUT2D eigenvalue weighted by Crippen LogP contribution is -2.14. The van der Waals surface area contributed by atoms with Gasteiger partial charge in [0.15, 0.2) is 16.8 Å². The zero-order valence-corrected chi connectivity index (χ0v) is 16.8. The molecule has 0 unspecified atom stereocenters. The van der Waals surface area contributed by atoms with Crippen molar-refractivity contribution in [2.24, 2.45) is 0 Å². The molecule has 0 fully saturated rings. The number of halogens is 1. The van der Waals surface area contributed by atoms with Gasteiger partial charge in [-0.05, 0) is 43.3 Å². The molecular weight excluding hydrogens is 412 g/mol. The first-order valence-electron chi connectivity index (χ1n) is 8.58. The first kappa shape index (κ1) is 19.2. The van der Waals surface area contributed by atoms with Crippen molar-refractivity contribution in [1.82, 2.24) is 24.9 Å². The fourth-order valence-corrected chi connectivity index (χ4v) is 3.49. The second kappa shape index (κ2) is 8.46. The molecule has 0 spiro atoms. The number of carbonyl (C=O) groups excluding carboxylic acids is 1. The number of carbonyl (C=O) groups is 1. The summed E-state index contributed by atoms with van der Waals surface area (Å²) in [5, 5.41) is 16.3. The molecule has 10 heteroatoms. The Morgan fingerprint density at radius 1 is 1.17 bits per heavy atom. The predicted molar refractivity (Wildman–Crippen MR) is 110 cm³/mol. The van der Waals surface area contributed by atoms with Gasteiger partial charge < -0.3 is 9.84 Å². The van der Waals surface area contributed by atoms with Crippen LogP contribution < -0.4 is 5.32 Å². The predicted octanol–water partition coefficient (Wildman–Crippen LogP) is 4.01. The van der Waals surface area contributed by atoms with E-state index in [4.69, 9.17) is 16.1 Å². The minimum absolute atomic E-state index is 0.133. The number of nitrogens with zero attached hydrogens (tertiary/aromatic N) is 5. The van der Waals surface area contributed by atoms with E-state index < -0.39 is 0 Å². The van der Waals surface area contributed by atoms with Gasteiger partial charge in [-0.15, -0.1) is 10.2 Å². The van der Waals surface area contributed by atoms with Crippen LogP contribution in [0.1, 0.15) is 5.76 Å². The number of pyridine rings is 1. The Morgan fingerprint density at radius 3 is 2.62 bits per heavy atom. The van der Waals surface area contributed by atoms with Gasteiger partial charge in [-0.1, -0.05) is 28.5 Å². The van der Waals surface area contributed by atoms with E-state index in [-0.39, 0.29) is 11.7 Å². The van der Waals surface area contributed by atoms with E-state index in [1.165, 1.54) is 11.8 Å². The molecule has 3 aromatic heterocycles. The van der Waals surface area contributed by atoms with Crippen molar-refractivity contribution in [3.63, 3.8) is 0 Å². The van der Waals surface area contributed by atoms with Gasteiger partial charge in [-0.2, -0.15) is 0 Å². The molecule has 0 aliphatic rings. The van der Waals surface area contributed by atoms with E-state index in [2.05, 4.69) is 25.7 Å². The highest BCUT2D eigenvalue weighted by molar-refractivity contribution is 7.99. The summed E-state index contributed by atoms with van der Waals surface area (Å²) in [5.41, 5.74) is 1.69. The highest BCUT2D eigenvalue weighted by Crippen LogP contribution is 2.28. The molecule has 4 rings (SSSR count). The fourth-order valence-electron chi connectivity index (χ4n) is 2.61. The SMILES string of the molecule is Cc1cc(NC(=O)CSc2nnc(-c3ccncc3)n2-c2ccc(Cl)cc2)no1. The van der Waals surface area contributed by atoms with E-state index in [0.29, 0.717) is 27.6 Å². The average molecular weight is 427 g/mol. The molecule has 8 nitrogen and oxygen atoms in total. The van der Waals surface area contributed by atoms with E-state index in [0.717, 1.165) is 11.3 Å². The molecule has 1 N–H and O–H groups in total. The number of rotatable bonds is 6. The smallest absolute Gasteiger partial charge is 0.236 e. The van der Waals surface area contributed by atoms with Crippen molar-refractivity contribution >= 4 is 35.1 Å². The number of hydrogen-bond acceptors (Lipinski definition) is 7. The maximum atomic E-state index is 12.3. The van der Waals surface area contributed by atoms with Crippen molar-refractivity contribution in [2.45, 2.75) is 12.1 Å². The van der Waals surface area contributed by atoms with Gasteiger partial charge in [-0.25, -0.2) is 0 Å². The minimum atomic E-state index is -0.223. The third-order valence-corrected chi connectivity index (χ3v) is 5.07. The molecule has 3 heterocycles. The standard InChI is InChI=1S/C19H15ClN6O2S/c1-12-10-16(25-28-12)22-17(27)11-29-19-24-23-18(13-6-8-21-9-7-13)26(19)15-4-2-14(20)3-5-15/h2-10H,11H2,1H3,(H,22,25,27). The third kappa shape index (κ3) is 4.47. The molecular formula is C19H15ClN6O2S. The van der Waals surface area contributed by atoms with Crippen molar-refractivity contribution < 1.29 is 9.32 Å². The Bertz CT molecular complexity index is 1130. The fraction of sp³-hybridized carbons (Fsp3) is 0.105. The lowest BCUT2D eigenvalue weighted by molar-refractivity contribution is -0.113. The van der Waals surface area contributed by atoms with Gasteiger partial charge in [0.1, 0.15) is 5.76 Å². The Balaban J connectivity index is 1.60. The van der Waals surface area contributed by atoms with Crippen LogP contribution in [-0.4, -0.2) is 36.6 Å². The summed E-state index contributed by atoms with van der Waals surface area (Å²) >= 11 is 7.30. The number of hydrogen-bond donors (Lipinski definition) is 1. The van der Waals surface area contributed by atoms with E-state index in [9.17, 15) is 4.79 Å². The lowest BCUT2D eigenvalue weighted by Gasteiger charge is -2.10. The van der Waals surface area contributed by atoms with Crippen LogP contribution in [0.25, 0.3) is 17.1 Å². The molecule has 0 saturated heterocycles. The van der Waals surface area contributed by atoms with Crippen LogP contribution in [0.5, 0.6) is 0 Å². The zero-order chi connectivity index (χ0) is 20.2. The monoisotopic (exact) mass is 426 g/mol. The molecule has 0 aliphatic carbocycles. The second-order valence-corrected chi connectivity index (χ2v) is 7.39. The number of aromatic nitrogens is 5. The first-order valence-corrected chi connectivity index (χ1v) is 9.94. The number of amides is 1. The van der Waals surface area contributed by atoms with Crippen molar-refractivity contribution in [1.29, 1.82) is 0 Å². The number of benzene rings is 1. The maximum absolute atomic E-state index is 12.3. The zero-order valence-electron chi connectivity index (χ0n) is 15.2. The molecule has 4 aromatic rings. The highest BCUT2D eigenvalue weighted by Gasteiger charge is 2.17. The van der Waals surface area contributed by atoms with Crippen LogP contribution in [0, 0.1) is 6.92 Å². The third-order valence-electron chi connectivity index (χ3n) is 3.88. The summed E-state index contributed by atoms with van der Waals surface area (Å²) in [7, 11) is 0. The molecule has 0 atom stereocenters. The maximum Gasteiger partial charge on any atom is 0.236 e. The van der Waals surface area contributed by atoms with Gasteiger partial charge in [0, 0.05) is 34.7 Å². The summed E-state index contributed by atoms with van der Waals surface area (Å²) in [4.78, 5) is 16.3. The normalized spacial score (nSPS) is 10.8. The highest BCUT2D eigenvalue weighted by atomic mass is 35.5. The average Bonchev–Trinajstić information content (AvgIpc) is 3.34. The molecule has 146 valence electrons. The largest absolute Gasteiger partial charge is 0.360 e. The summed E-state index contributed by atoms with van der Waals surface area (Å²) in [5.74, 6) is 1.56. The van der Waals surface area contributed by atoms with Crippen molar-refractivity contribution in [3.8, 4) is 17.1 Å². The Labute approximate surface area is 175 Å². The van der Waals surface area contributed by atoms with Gasteiger partial charge in [0.05, 0.1) is 5.75 Å². The first-order chi connectivity index (χ1) is 14.1. The Hall–Kier alpha value is -3.17. The quantitative estimate of drug-likeness (QED) is 0.465.